The van der Waals surface area contributed by atoms with Gasteiger partial charge in [-0.3, -0.25) is 0 Å². The van der Waals surface area contributed by atoms with E-state index in [0.29, 0.717) is 11.3 Å². The van der Waals surface area contributed by atoms with Gasteiger partial charge in [0.1, 0.15) is 5.82 Å². The van der Waals surface area contributed by atoms with Crippen LogP contribution in [0.5, 0.6) is 0 Å². The molecule has 0 saturated heterocycles. The summed E-state index contributed by atoms with van der Waals surface area (Å²) in [4.78, 5) is 0.123. The number of hydrogen-bond donors (Lipinski definition) is 2. The van der Waals surface area contributed by atoms with Crippen molar-refractivity contribution < 1.29 is 12.8 Å². The Morgan fingerprint density at radius 1 is 1.11 bits per heavy atom. The molecule has 0 amide bonds. The maximum atomic E-state index is 13.0. The van der Waals surface area contributed by atoms with E-state index in [9.17, 15) is 12.8 Å². The van der Waals surface area contributed by atoms with Gasteiger partial charge in [0.15, 0.2) is 0 Å². The van der Waals surface area contributed by atoms with Crippen LogP contribution in [0.15, 0.2) is 53.4 Å². The van der Waals surface area contributed by atoms with Crippen molar-refractivity contribution in [3.63, 3.8) is 0 Å². The van der Waals surface area contributed by atoms with Gasteiger partial charge in [-0.1, -0.05) is 12.1 Å². The molecule has 0 aliphatic carbocycles. The summed E-state index contributed by atoms with van der Waals surface area (Å²) in [5.41, 5.74) is 6.54. The third kappa shape index (κ3) is 3.52. The van der Waals surface area contributed by atoms with Crippen LogP contribution in [0.2, 0.25) is 0 Å². The normalized spacial score (nSPS) is 11.4. The number of nitrogen functional groups attached to an aromatic ring is 1. The van der Waals surface area contributed by atoms with Gasteiger partial charge in [-0.2, -0.15) is 0 Å². The Hall–Kier alpha value is -1.92. The molecule has 2 rings (SSSR count). The van der Waals surface area contributed by atoms with Crippen LogP contribution in [0.3, 0.4) is 0 Å². The van der Waals surface area contributed by atoms with Crippen LogP contribution in [0.25, 0.3) is 0 Å². The van der Waals surface area contributed by atoms with E-state index in [1.54, 1.807) is 6.07 Å². The van der Waals surface area contributed by atoms with Crippen molar-refractivity contribution in [1.29, 1.82) is 0 Å². The Bertz CT molecular complexity index is 669. The van der Waals surface area contributed by atoms with Crippen molar-refractivity contribution in [2.45, 2.75) is 11.4 Å². The van der Waals surface area contributed by atoms with E-state index in [1.165, 1.54) is 42.5 Å². The molecule has 0 bridgehead atoms. The summed E-state index contributed by atoms with van der Waals surface area (Å²) in [6, 6.07) is 11.6. The first kappa shape index (κ1) is 13.5. The van der Waals surface area contributed by atoms with Gasteiger partial charge < -0.3 is 5.73 Å². The largest absolute Gasteiger partial charge is 0.399 e. The number of nitrogens with two attached hydrogens (primary N) is 1. The SMILES string of the molecule is Nc1ccc(S(=O)(=O)NCc2cccc(F)c2)cc1. The highest BCUT2D eigenvalue weighted by molar-refractivity contribution is 7.89. The zero-order valence-electron chi connectivity index (χ0n) is 10.0. The molecule has 19 heavy (non-hydrogen) atoms. The van der Waals surface area contributed by atoms with Crippen LogP contribution in [-0.4, -0.2) is 8.42 Å². The third-order valence-corrected chi connectivity index (χ3v) is 3.96. The molecule has 2 aromatic rings. The number of anilines is 1. The Kier molecular flexibility index (Phi) is 3.82. The number of rotatable bonds is 4. The summed E-state index contributed by atoms with van der Waals surface area (Å²) in [6.45, 7) is 0.0322. The predicted octanol–water partition coefficient (Wildman–Crippen LogP) is 1.89. The lowest BCUT2D eigenvalue weighted by molar-refractivity contribution is 0.580. The van der Waals surface area contributed by atoms with Crippen LogP contribution in [-0.2, 0) is 16.6 Å². The van der Waals surface area contributed by atoms with Gasteiger partial charge in [0, 0.05) is 12.2 Å². The summed E-state index contributed by atoms with van der Waals surface area (Å²) < 4.78 is 39.3. The Morgan fingerprint density at radius 2 is 1.79 bits per heavy atom. The molecule has 2 aromatic carbocycles. The summed E-state index contributed by atoms with van der Waals surface area (Å²) in [5.74, 6) is -0.399. The van der Waals surface area contributed by atoms with Gasteiger partial charge in [0.25, 0.3) is 0 Å². The van der Waals surface area contributed by atoms with Crippen LogP contribution >= 0.6 is 0 Å². The van der Waals surface area contributed by atoms with Crippen molar-refractivity contribution >= 4 is 15.7 Å². The smallest absolute Gasteiger partial charge is 0.240 e. The first-order valence-corrected chi connectivity index (χ1v) is 7.05. The zero-order chi connectivity index (χ0) is 13.9. The molecule has 3 N–H and O–H groups in total. The Labute approximate surface area is 111 Å². The van der Waals surface area contributed by atoms with E-state index in [2.05, 4.69) is 4.72 Å². The van der Waals surface area contributed by atoms with Crippen LogP contribution < -0.4 is 10.5 Å². The molecule has 4 nitrogen and oxygen atoms in total. The monoisotopic (exact) mass is 280 g/mol. The second kappa shape index (κ2) is 5.38. The average Bonchev–Trinajstić information content (AvgIpc) is 2.37. The highest BCUT2D eigenvalue weighted by Gasteiger charge is 2.13. The first-order chi connectivity index (χ1) is 8.97. The van der Waals surface area contributed by atoms with E-state index in [0.717, 1.165) is 0 Å². The molecule has 0 aromatic heterocycles. The van der Waals surface area contributed by atoms with E-state index < -0.39 is 15.8 Å². The lowest BCUT2D eigenvalue weighted by atomic mass is 10.2. The number of halogens is 1. The fourth-order valence-electron chi connectivity index (χ4n) is 1.56. The second-order valence-corrected chi connectivity index (χ2v) is 5.79. The van der Waals surface area contributed by atoms with Gasteiger partial charge >= 0.3 is 0 Å². The molecule has 0 saturated carbocycles. The van der Waals surface area contributed by atoms with Crippen LogP contribution in [0, 0.1) is 5.82 Å². The number of hydrogen-bond acceptors (Lipinski definition) is 3. The van der Waals surface area contributed by atoms with Crippen molar-refractivity contribution in [2.24, 2.45) is 0 Å². The molecule has 0 aliphatic rings. The van der Waals surface area contributed by atoms with Gasteiger partial charge in [0.05, 0.1) is 4.90 Å². The fraction of sp³-hybridized carbons (Fsp3) is 0.0769. The van der Waals surface area contributed by atoms with Gasteiger partial charge in [0.2, 0.25) is 10.0 Å². The van der Waals surface area contributed by atoms with Crippen molar-refractivity contribution in [1.82, 2.24) is 4.72 Å². The highest BCUT2D eigenvalue weighted by atomic mass is 32.2. The molecule has 0 fully saturated rings. The fourth-order valence-corrected chi connectivity index (χ4v) is 2.57. The molecule has 0 spiro atoms. The lowest BCUT2D eigenvalue weighted by Gasteiger charge is -2.07. The first-order valence-electron chi connectivity index (χ1n) is 5.57. The Morgan fingerprint density at radius 3 is 2.42 bits per heavy atom. The van der Waals surface area contributed by atoms with Crippen LogP contribution in [0.1, 0.15) is 5.56 Å². The molecular weight excluding hydrogens is 267 g/mol. The van der Waals surface area contributed by atoms with E-state index >= 15 is 0 Å². The molecule has 0 heterocycles. The van der Waals surface area contributed by atoms with Gasteiger partial charge in [-0.25, -0.2) is 17.5 Å². The molecule has 0 atom stereocenters. The summed E-state index contributed by atoms with van der Waals surface area (Å²) >= 11 is 0. The van der Waals surface area contributed by atoms with E-state index in [1.807, 2.05) is 0 Å². The van der Waals surface area contributed by atoms with Gasteiger partial charge in [-0.15, -0.1) is 0 Å². The summed E-state index contributed by atoms with van der Waals surface area (Å²) in [5, 5.41) is 0. The minimum absolute atomic E-state index is 0.0322. The number of nitrogens with one attached hydrogen (secondary N) is 1. The molecular formula is C13H13FN2O2S. The molecule has 100 valence electrons. The van der Waals surface area contributed by atoms with Crippen molar-refractivity contribution in [3.8, 4) is 0 Å². The molecule has 6 heteroatoms. The second-order valence-electron chi connectivity index (χ2n) is 4.02. The maximum absolute atomic E-state index is 13.0. The maximum Gasteiger partial charge on any atom is 0.240 e. The highest BCUT2D eigenvalue weighted by Crippen LogP contribution is 2.12. The van der Waals surface area contributed by atoms with Crippen LogP contribution in [0.4, 0.5) is 10.1 Å². The van der Waals surface area contributed by atoms with Crippen molar-refractivity contribution in [3.05, 3.63) is 59.9 Å². The minimum atomic E-state index is -3.62. The molecule has 0 unspecified atom stereocenters. The van der Waals surface area contributed by atoms with E-state index in [4.69, 9.17) is 5.73 Å². The summed E-state index contributed by atoms with van der Waals surface area (Å²) in [6.07, 6.45) is 0. The Balaban J connectivity index is 2.12. The average molecular weight is 280 g/mol. The van der Waals surface area contributed by atoms with Gasteiger partial charge in [-0.05, 0) is 42.0 Å². The minimum Gasteiger partial charge on any atom is -0.399 e. The number of benzene rings is 2. The quantitative estimate of drug-likeness (QED) is 0.840. The molecule has 0 aliphatic heterocycles. The van der Waals surface area contributed by atoms with Crippen molar-refractivity contribution in [2.75, 3.05) is 5.73 Å². The standard InChI is InChI=1S/C13H13FN2O2S/c14-11-3-1-2-10(8-11)9-16-19(17,18)13-6-4-12(15)5-7-13/h1-8,16H,9,15H2. The zero-order valence-corrected chi connectivity index (χ0v) is 10.8. The third-order valence-electron chi connectivity index (χ3n) is 2.55. The summed E-state index contributed by atoms with van der Waals surface area (Å²) in [7, 11) is -3.62. The van der Waals surface area contributed by atoms with E-state index in [-0.39, 0.29) is 11.4 Å². The molecule has 0 radical (unpaired) electrons. The topological polar surface area (TPSA) is 72.2 Å². The number of sulfonamides is 1. The predicted molar refractivity (Wildman–Crippen MR) is 71.3 cm³/mol. The lowest BCUT2D eigenvalue weighted by Crippen LogP contribution is -2.23.